The molecule has 13 heavy (non-hydrogen) atoms. The highest BCUT2D eigenvalue weighted by molar-refractivity contribution is 7.91. The van der Waals surface area contributed by atoms with E-state index in [1.165, 1.54) is 0 Å². The van der Waals surface area contributed by atoms with Gasteiger partial charge in [0, 0.05) is 0 Å². The van der Waals surface area contributed by atoms with Crippen LogP contribution in [0.4, 0.5) is 0 Å². The van der Waals surface area contributed by atoms with Crippen molar-refractivity contribution >= 4 is 15.8 Å². The third-order valence-corrected chi connectivity index (χ3v) is 2.87. The third-order valence-electron chi connectivity index (χ3n) is 1.66. The minimum atomic E-state index is -3.57. The summed E-state index contributed by atoms with van der Waals surface area (Å²) in [5.74, 6) is -2.18. The van der Waals surface area contributed by atoms with E-state index < -0.39 is 27.5 Å². The Morgan fingerprint density at radius 1 is 1.46 bits per heavy atom. The van der Waals surface area contributed by atoms with Gasteiger partial charge in [0.2, 0.25) is 0 Å². The molecule has 1 fully saturated rings. The molecule has 0 atom stereocenters. The van der Waals surface area contributed by atoms with Crippen LogP contribution in [0.15, 0.2) is 0 Å². The van der Waals surface area contributed by atoms with Gasteiger partial charge in [-0.15, -0.1) is 0 Å². The van der Waals surface area contributed by atoms with Crippen molar-refractivity contribution in [1.29, 1.82) is 0 Å². The number of ether oxygens (including phenoxy) is 1. The summed E-state index contributed by atoms with van der Waals surface area (Å²) < 4.78 is 26.7. The van der Waals surface area contributed by atoms with Gasteiger partial charge in [-0.2, -0.15) is 0 Å². The summed E-state index contributed by atoms with van der Waals surface area (Å²) in [6, 6.07) is 0. The van der Waals surface area contributed by atoms with E-state index in [9.17, 15) is 13.2 Å². The number of carbonyl (C=O) groups is 1. The molecule has 0 amide bonds. The molecule has 5 nitrogen and oxygen atoms in total. The molecule has 1 N–H and O–H groups in total. The molecule has 0 unspecified atom stereocenters. The van der Waals surface area contributed by atoms with E-state index in [0.717, 1.165) is 12.8 Å². The topological polar surface area (TPSA) is 80.7 Å². The smallest absolute Gasteiger partial charge is 0.318 e. The fourth-order valence-corrected chi connectivity index (χ4v) is 1.67. The molecule has 76 valence electrons. The van der Waals surface area contributed by atoms with Crippen molar-refractivity contribution < 1.29 is 23.1 Å². The fourth-order valence-electron chi connectivity index (χ4n) is 0.856. The van der Waals surface area contributed by atoms with Crippen LogP contribution in [0, 0.1) is 5.92 Å². The summed E-state index contributed by atoms with van der Waals surface area (Å²) in [6.07, 6.45) is 2.16. The van der Waals surface area contributed by atoms with Crippen LogP contribution < -0.4 is 0 Å². The zero-order chi connectivity index (χ0) is 9.90. The van der Waals surface area contributed by atoms with Gasteiger partial charge in [0.15, 0.2) is 9.84 Å². The van der Waals surface area contributed by atoms with Crippen molar-refractivity contribution in [2.24, 2.45) is 5.92 Å². The molecule has 1 aliphatic carbocycles. The SMILES string of the molecule is O=C(O)CS(=O)(=O)COCC1CC1. The highest BCUT2D eigenvalue weighted by atomic mass is 32.2. The first kappa shape index (κ1) is 10.5. The molecule has 1 aliphatic rings. The Hall–Kier alpha value is -0.620. The van der Waals surface area contributed by atoms with Gasteiger partial charge in [0.05, 0.1) is 6.61 Å². The largest absolute Gasteiger partial charge is 0.480 e. The Labute approximate surface area is 76.6 Å². The quantitative estimate of drug-likeness (QED) is 0.657. The number of rotatable bonds is 6. The normalized spacial score (nSPS) is 17.2. The van der Waals surface area contributed by atoms with Gasteiger partial charge >= 0.3 is 5.97 Å². The van der Waals surface area contributed by atoms with Crippen LogP contribution in [0.25, 0.3) is 0 Å². The first-order chi connectivity index (χ1) is 5.99. The third kappa shape index (κ3) is 4.84. The first-order valence-corrected chi connectivity index (χ1v) is 5.82. The monoisotopic (exact) mass is 208 g/mol. The van der Waals surface area contributed by atoms with Crippen LogP contribution >= 0.6 is 0 Å². The molecule has 0 radical (unpaired) electrons. The zero-order valence-electron chi connectivity index (χ0n) is 7.10. The number of sulfone groups is 1. The molecule has 1 saturated carbocycles. The molecule has 0 heterocycles. The maximum atomic E-state index is 10.9. The molecule has 0 saturated heterocycles. The van der Waals surface area contributed by atoms with Crippen LogP contribution in [0.3, 0.4) is 0 Å². The molecule has 6 heteroatoms. The highest BCUT2D eigenvalue weighted by Crippen LogP contribution is 2.28. The van der Waals surface area contributed by atoms with E-state index in [2.05, 4.69) is 0 Å². The molecule has 0 aliphatic heterocycles. The molecule has 0 spiro atoms. The Morgan fingerprint density at radius 2 is 2.08 bits per heavy atom. The second-order valence-corrected chi connectivity index (χ2v) is 5.23. The Kier molecular flexibility index (Phi) is 3.27. The summed E-state index contributed by atoms with van der Waals surface area (Å²) in [6.45, 7) is 0.429. The molecule has 0 aromatic rings. The Morgan fingerprint density at radius 3 is 2.54 bits per heavy atom. The van der Waals surface area contributed by atoms with E-state index in [-0.39, 0.29) is 0 Å². The summed E-state index contributed by atoms with van der Waals surface area (Å²) >= 11 is 0. The van der Waals surface area contributed by atoms with Crippen LogP contribution in [0.2, 0.25) is 0 Å². The van der Waals surface area contributed by atoms with Crippen LogP contribution in [0.5, 0.6) is 0 Å². The van der Waals surface area contributed by atoms with Gasteiger partial charge < -0.3 is 9.84 Å². The average molecular weight is 208 g/mol. The fraction of sp³-hybridized carbons (Fsp3) is 0.857. The van der Waals surface area contributed by atoms with Crippen LogP contribution in [-0.2, 0) is 19.4 Å². The van der Waals surface area contributed by atoms with E-state index in [1.807, 2.05) is 0 Å². The Bertz CT molecular complexity index is 277. The van der Waals surface area contributed by atoms with Gasteiger partial charge in [0.1, 0.15) is 11.7 Å². The van der Waals surface area contributed by atoms with Gasteiger partial charge in [0.25, 0.3) is 0 Å². The minimum Gasteiger partial charge on any atom is -0.480 e. The van der Waals surface area contributed by atoms with Crippen LogP contribution in [0.1, 0.15) is 12.8 Å². The Balaban J connectivity index is 2.20. The molecule has 1 rings (SSSR count). The van der Waals surface area contributed by atoms with Crippen molar-refractivity contribution in [3.8, 4) is 0 Å². The van der Waals surface area contributed by atoms with Crippen molar-refractivity contribution in [1.82, 2.24) is 0 Å². The summed E-state index contributed by atoms with van der Waals surface area (Å²) in [7, 11) is -3.57. The predicted octanol–water partition coefficient (Wildman–Crippen LogP) is -0.130. The summed E-state index contributed by atoms with van der Waals surface area (Å²) in [5, 5.41) is 8.24. The van der Waals surface area contributed by atoms with Crippen molar-refractivity contribution in [2.45, 2.75) is 12.8 Å². The lowest BCUT2D eigenvalue weighted by molar-refractivity contribution is -0.134. The number of hydrogen-bond donors (Lipinski definition) is 1. The number of carboxylic acid groups (broad SMARTS) is 1. The lowest BCUT2D eigenvalue weighted by Gasteiger charge is -2.02. The minimum absolute atomic E-state index is 0.429. The van der Waals surface area contributed by atoms with Gasteiger partial charge in [-0.3, -0.25) is 4.79 Å². The van der Waals surface area contributed by atoms with E-state index in [0.29, 0.717) is 12.5 Å². The number of aliphatic carboxylic acids is 1. The maximum absolute atomic E-state index is 10.9. The first-order valence-electron chi connectivity index (χ1n) is 3.99. The van der Waals surface area contributed by atoms with Gasteiger partial charge in [-0.25, -0.2) is 8.42 Å². The van der Waals surface area contributed by atoms with Crippen molar-refractivity contribution in [3.05, 3.63) is 0 Å². The molecule has 0 bridgehead atoms. The average Bonchev–Trinajstić information content (AvgIpc) is 2.67. The second-order valence-electron chi connectivity index (χ2n) is 3.21. The van der Waals surface area contributed by atoms with Gasteiger partial charge in [-0.05, 0) is 18.8 Å². The number of carboxylic acids is 1. The van der Waals surface area contributed by atoms with E-state index in [4.69, 9.17) is 9.84 Å². The molecular weight excluding hydrogens is 196 g/mol. The lowest BCUT2D eigenvalue weighted by atomic mass is 10.5. The second kappa shape index (κ2) is 4.06. The van der Waals surface area contributed by atoms with Crippen LogP contribution in [-0.4, -0.2) is 37.8 Å². The number of hydrogen-bond acceptors (Lipinski definition) is 4. The molecular formula is C7H12O5S. The maximum Gasteiger partial charge on any atom is 0.318 e. The van der Waals surface area contributed by atoms with Crippen molar-refractivity contribution in [2.75, 3.05) is 18.3 Å². The molecule has 0 aromatic carbocycles. The standard InChI is InChI=1S/C7H12O5S/c8-7(9)4-13(10,11)5-12-3-6-1-2-6/h6H,1-5H2,(H,8,9). The predicted molar refractivity (Wildman–Crippen MR) is 45.0 cm³/mol. The summed E-state index contributed by atoms with van der Waals surface area (Å²) in [5.41, 5.74) is 0. The lowest BCUT2D eigenvalue weighted by Crippen LogP contribution is -2.20. The zero-order valence-corrected chi connectivity index (χ0v) is 7.92. The van der Waals surface area contributed by atoms with E-state index in [1.54, 1.807) is 0 Å². The summed E-state index contributed by atoms with van der Waals surface area (Å²) in [4.78, 5) is 10.1. The van der Waals surface area contributed by atoms with E-state index >= 15 is 0 Å². The van der Waals surface area contributed by atoms with Gasteiger partial charge in [-0.1, -0.05) is 0 Å². The molecule has 0 aromatic heterocycles. The van der Waals surface area contributed by atoms with Crippen molar-refractivity contribution in [3.63, 3.8) is 0 Å². The highest BCUT2D eigenvalue weighted by Gasteiger charge is 2.23.